The Labute approximate surface area is 118 Å². The lowest BCUT2D eigenvalue weighted by molar-refractivity contribution is -0.129. The topological polar surface area (TPSA) is 49.4 Å². The van der Waals surface area contributed by atoms with Crippen LogP contribution in [0.3, 0.4) is 0 Å². The lowest BCUT2D eigenvalue weighted by Gasteiger charge is -2.15. The molecule has 0 aromatic heterocycles. The number of amides is 2. The van der Waals surface area contributed by atoms with Gasteiger partial charge in [-0.05, 0) is 37.5 Å². The number of rotatable bonds is 4. The largest absolute Gasteiger partial charge is 0.351 e. The molecular formula is C15H19FN2O2. The zero-order valence-electron chi connectivity index (χ0n) is 11.6. The van der Waals surface area contributed by atoms with Crippen molar-refractivity contribution in [3.05, 3.63) is 35.1 Å². The van der Waals surface area contributed by atoms with Crippen molar-refractivity contribution in [3.8, 4) is 0 Å². The third kappa shape index (κ3) is 3.56. The number of nitrogens with zero attached hydrogens (tertiary/aromatic N) is 1. The van der Waals surface area contributed by atoms with Crippen molar-refractivity contribution in [1.29, 1.82) is 0 Å². The number of likely N-dealkylation sites (tertiary alicyclic amines) is 1. The number of hydrogen-bond acceptors (Lipinski definition) is 2. The van der Waals surface area contributed by atoms with Gasteiger partial charge in [-0.15, -0.1) is 0 Å². The number of benzene rings is 1. The Bertz CT molecular complexity index is 511. The number of carbonyl (C=O) groups is 2. The van der Waals surface area contributed by atoms with Gasteiger partial charge >= 0.3 is 0 Å². The van der Waals surface area contributed by atoms with E-state index in [0.717, 1.165) is 31.5 Å². The smallest absolute Gasteiger partial charge is 0.254 e. The molecule has 4 nitrogen and oxygen atoms in total. The van der Waals surface area contributed by atoms with E-state index in [0.29, 0.717) is 0 Å². The normalized spacial score (nSPS) is 14.4. The molecule has 1 N–H and O–H groups in total. The van der Waals surface area contributed by atoms with E-state index in [1.807, 2.05) is 0 Å². The molecule has 1 saturated heterocycles. The second-order valence-corrected chi connectivity index (χ2v) is 5.08. The Morgan fingerprint density at radius 3 is 2.65 bits per heavy atom. The van der Waals surface area contributed by atoms with Crippen LogP contribution in [0.5, 0.6) is 0 Å². The molecule has 1 aromatic carbocycles. The fourth-order valence-electron chi connectivity index (χ4n) is 2.31. The van der Waals surface area contributed by atoms with Crippen LogP contribution in [0.1, 0.15) is 35.2 Å². The Morgan fingerprint density at radius 2 is 2.00 bits per heavy atom. The highest BCUT2D eigenvalue weighted by Crippen LogP contribution is 2.10. The summed E-state index contributed by atoms with van der Waals surface area (Å²) in [6.07, 6.45) is 2.36. The summed E-state index contributed by atoms with van der Waals surface area (Å²) in [5, 5.41) is 2.59. The molecule has 1 heterocycles. The van der Waals surface area contributed by atoms with Crippen LogP contribution < -0.4 is 5.32 Å². The molecule has 1 fully saturated rings. The van der Waals surface area contributed by atoms with E-state index in [1.54, 1.807) is 17.9 Å². The molecule has 0 saturated carbocycles. The summed E-state index contributed by atoms with van der Waals surface area (Å²) in [6.45, 7) is 3.61. The summed E-state index contributed by atoms with van der Waals surface area (Å²) in [5.74, 6) is -0.961. The standard InChI is InChI=1S/C15H19FN2O2/c1-11-4-5-12(13(16)10-11)15(20)17-7-6-14(19)18-8-2-3-9-18/h4-5,10H,2-3,6-9H2,1H3,(H,17,20). The van der Waals surface area contributed by atoms with Gasteiger partial charge in [0.25, 0.3) is 5.91 Å². The van der Waals surface area contributed by atoms with Gasteiger partial charge < -0.3 is 10.2 Å². The van der Waals surface area contributed by atoms with Gasteiger partial charge in [-0.25, -0.2) is 4.39 Å². The van der Waals surface area contributed by atoms with E-state index in [1.165, 1.54) is 12.1 Å². The maximum absolute atomic E-state index is 13.6. The Hall–Kier alpha value is -1.91. The van der Waals surface area contributed by atoms with E-state index >= 15 is 0 Å². The zero-order valence-corrected chi connectivity index (χ0v) is 11.6. The molecule has 2 amide bonds. The summed E-state index contributed by atoms with van der Waals surface area (Å²) in [4.78, 5) is 25.4. The monoisotopic (exact) mass is 278 g/mol. The third-order valence-electron chi connectivity index (χ3n) is 3.45. The van der Waals surface area contributed by atoms with E-state index in [4.69, 9.17) is 0 Å². The number of hydrogen-bond donors (Lipinski definition) is 1. The molecule has 1 aromatic rings. The molecule has 20 heavy (non-hydrogen) atoms. The second kappa shape index (κ2) is 6.50. The quantitative estimate of drug-likeness (QED) is 0.914. The number of aryl methyl sites for hydroxylation is 1. The molecule has 0 bridgehead atoms. The minimum atomic E-state index is -0.534. The highest BCUT2D eigenvalue weighted by atomic mass is 19.1. The van der Waals surface area contributed by atoms with Gasteiger partial charge in [0.2, 0.25) is 5.91 Å². The van der Waals surface area contributed by atoms with Crippen molar-refractivity contribution in [2.75, 3.05) is 19.6 Å². The molecule has 0 aliphatic carbocycles. The first-order valence-electron chi connectivity index (χ1n) is 6.90. The summed E-state index contributed by atoms with van der Waals surface area (Å²) in [5.41, 5.74) is 0.785. The van der Waals surface area contributed by atoms with Crippen LogP contribution >= 0.6 is 0 Å². The van der Waals surface area contributed by atoms with Crippen molar-refractivity contribution in [1.82, 2.24) is 10.2 Å². The average Bonchev–Trinajstić information content (AvgIpc) is 2.92. The maximum atomic E-state index is 13.6. The molecule has 0 radical (unpaired) electrons. The summed E-state index contributed by atoms with van der Waals surface area (Å²) in [6, 6.07) is 4.47. The summed E-state index contributed by atoms with van der Waals surface area (Å²) < 4.78 is 13.6. The molecule has 0 unspecified atom stereocenters. The number of nitrogens with one attached hydrogen (secondary N) is 1. The van der Waals surface area contributed by atoms with Crippen LogP contribution in [0.25, 0.3) is 0 Å². The van der Waals surface area contributed by atoms with Crippen molar-refractivity contribution in [2.45, 2.75) is 26.2 Å². The van der Waals surface area contributed by atoms with Gasteiger partial charge in [-0.2, -0.15) is 0 Å². The van der Waals surface area contributed by atoms with Crippen molar-refractivity contribution in [3.63, 3.8) is 0 Å². The minimum Gasteiger partial charge on any atom is -0.351 e. The van der Waals surface area contributed by atoms with E-state index in [-0.39, 0.29) is 24.4 Å². The van der Waals surface area contributed by atoms with Gasteiger partial charge in [0.15, 0.2) is 0 Å². The highest BCUT2D eigenvalue weighted by Gasteiger charge is 2.18. The molecule has 0 spiro atoms. The number of halogens is 1. The minimum absolute atomic E-state index is 0.0178. The average molecular weight is 278 g/mol. The van der Waals surface area contributed by atoms with Gasteiger partial charge in [0.1, 0.15) is 5.82 Å². The van der Waals surface area contributed by atoms with Gasteiger partial charge in [-0.3, -0.25) is 9.59 Å². The summed E-state index contributed by atoms with van der Waals surface area (Å²) in [7, 11) is 0. The van der Waals surface area contributed by atoms with Crippen LogP contribution in [0, 0.1) is 12.7 Å². The first-order valence-corrected chi connectivity index (χ1v) is 6.90. The van der Waals surface area contributed by atoms with Gasteiger partial charge in [-0.1, -0.05) is 6.07 Å². The Kier molecular flexibility index (Phi) is 4.71. The zero-order chi connectivity index (χ0) is 14.5. The Morgan fingerprint density at radius 1 is 1.30 bits per heavy atom. The Balaban J connectivity index is 1.81. The fourth-order valence-corrected chi connectivity index (χ4v) is 2.31. The number of carbonyl (C=O) groups excluding carboxylic acids is 2. The molecule has 108 valence electrons. The lowest BCUT2D eigenvalue weighted by Crippen LogP contribution is -2.33. The van der Waals surface area contributed by atoms with Crippen molar-refractivity contribution < 1.29 is 14.0 Å². The van der Waals surface area contributed by atoms with E-state index in [9.17, 15) is 14.0 Å². The fraction of sp³-hybridized carbons (Fsp3) is 0.467. The molecule has 2 rings (SSSR count). The molecule has 1 aliphatic rings. The van der Waals surface area contributed by atoms with Crippen LogP contribution in [-0.2, 0) is 4.79 Å². The van der Waals surface area contributed by atoms with Crippen molar-refractivity contribution in [2.24, 2.45) is 0 Å². The van der Waals surface area contributed by atoms with E-state index < -0.39 is 11.7 Å². The van der Waals surface area contributed by atoms with Gasteiger partial charge in [0, 0.05) is 26.1 Å². The van der Waals surface area contributed by atoms with Crippen LogP contribution in [0.4, 0.5) is 4.39 Å². The summed E-state index contributed by atoms with van der Waals surface area (Å²) >= 11 is 0. The van der Waals surface area contributed by atoms with Crippen LogP contribution in [-0.4, -0.2) is 36.3 Å². The molecule has 5 heteroatoms. The van der Waals surface area contributed by atoms with Crippen LogP contribution in [0.2, 0.25) is 0 Å². The molecular weight excluding hydrogens is 259 g/mol. The molecule has 1 aliphatic heterocycles. The predicted molar refractivity (Wildman–Crippen MR) is 73.9 cm³/mol. The predicted octanol–water partition coefficient (Wildman–Crippen LogP) is 1.88. The maximum Gasteiger partial charge on any atom is 0.254 e. The highest BCUT2D eigenvalue weighted by molar-refractivity contribution is 5.94. The first kappa shape index (κ1) is 14.5. The SMILES string of the molecule is Cc1ccc(C(=O)NCCC(=O)N2CCCC2)c(F)c1. The molecule has 0 atom stereocenters. The first-order chi connectivity index (χ1) is 9.58. The van der Waals surface area contributed by atoms with E-state index in [2.05, 4.69) is 5.32 Å². The van der Waals surface area contributed by atoms with Crippen LogP contribution in [0.15, 0.2) is 18.2 Å². The van der Waals surface area contributed by atoms with Gasteiger partial charge in [0.05, 0.1) is 5.56 Å². The second-order valence-electron chi connectivity index (χ2n) is 5.08. The lowest BCUT2D eigenvalue weighted by atomic mass is 10.1. The third-order valence-corrected chi connectivity index (χ3v) is 3.45. The van der Waals surface area contributed by atoms with Crippen molar-refractivity contribution >= 4 is 11.8 Å².